The highest BCUT2D eigenvalue weighted by Crippen LogP contribution is 2.06. The Balaban J connectivity index is 3.66. The molecular formula is C15H30O5. The lowest BCUT2D eigenvalue weighted by atomic mass is 10.1. The first kappa shape index (κ1) is 19.4. The number of rotatable bonds is 13. The van der Waals surface area contributed by atoms with Crippen molar-refractivity contribution >= 4 is 5.97 Å². The van der Waals surface area contributed by atoms with Gasteiger partial charge in [-0.2, -0.15) is 0 Å². The number of ether oxygens (including phenoxy) is 3. The molecule has 0 saturated heterocycles. The van der Waals surface area contributed by atoms with Gasteiger partial charge in [-0.05, 0) is 20.3 Å². The van der Waals surface area contributed by atoms with Gasteiger partial charge in [0.25, 0.3) is 0 Å². The zero-order valence-corrected chi connectivity index (χ0v) is 13.1. The minimum absolute atomic E-state index is 0.0212. The smallest absolute Gasteiger partial charge is 0.334 e. The van der Waals surface area contributed by atoms with Crippen LogP contribution in [0.3, 0.4) is 0 Å². The number of unbranched alkanes of at least 4 members (excludes halogenated alkanes) is 5. The van der Waals surface area contributed by atoms with Crippen molar-refractivity contribution in [2.75, 3.05) is 19.8 Å². The maximum Gasteiger partial charge on any atom is 0.334 e. The molecule has 2 atom stereocenters. The van der Waals surface area contributed by atoms with Crippen molar-refractivity contribution in [2.45, 2.75) is 71.7 Å². The fraction of sp³-hybridized carbons (Fsp3) is 0.933. The average molecular weight is 290 g/mol. The molecular weight excluding hydrogens is 260 g/mol. The molecule has 0 rings (SSSR count). The Morgan fingerprint density at radius 2 is 1.70 bits per heavy atom. The standard InChI is InChI=1S/C15H30O5/c1-4-6-7-8-9-10-11-19-14(18-5-2)12-20-15(17)13(3)16/h13-14,16H,4-12H2,1-3H3. The molecule has 0 aliphatic heterocycles. The molecule has 0 aliphatic carbocycles. The van der Waals surface area contributed by atoms with Gasteiger partial charge in [0.1, 0.15) is 12.7 Å². The van der Waals surface area contributed by atoms with Gasteiger partial charge in [-0.25, -0.2) is 4.79 Å². The Bertz CT molecular complexity index is 230. The van der Waals surface area contributed by atoms with E-state index in [1.807, 2.05) is 6.92 Å². The van der Waals surface area contributed by atoms with Crippen LogP contribution < -0.4 is 0 Å². The Hall–Kier alpha value is -0.650. The Morgan fingerprint density at radius 1 is 1.05 bits per heavy atom. The quantitative estimate of drug-likeness (QED) is 0.321. The van der Waals surface area contributed by atoms with E-state index in [2.05, 4.69) is 6.92 Å². The van der Waals surface area contributed by atoms with E-state index in [9.17, 15) is 4.79 Å². The first-order chi connectivity index (χ1) is 9.61. The van der Waals surface area contributed by atoms with Gasteiger partial charge in [-0.15, -0.1) is 0 Å². The third-order valence-electron chi connectivity index (χ3n) is 2.86. The molecule has 0 aromatic carbocycles. The molecule has 2 unspecified atom stereocenters. The highest BCUT2D eigenvalue weighted by atomic mass is 16.7. The summed E-state index contributed by atoms with van der Waals surface area (Å²) in [4.78, 5) is 11.1. The lowest BCUT2D eigenvalue weighted by Crippen LogP contribution is -2.29. The topological polar surface area (TPSA) is 65.0 Å². The summed E-state index contributed by atoms with van der Waals surface area (Å²) in [6, 6.07) is 0. The first-order valence-corrected chi connectivity index (χ1v) is 7.69. The number of aliphatic hydroxyl groups is 1. The SMILES string of the molecule is CCCCCCCCOC(COC(=O)C(C)O)OCC. The number of carbonyl (C=O) groups excluding carboxylic acids is 1. The van der Waals surface area contributed by atoms with Crippen LogP contribution in [-0.2, 0) is 19.0 Å². The van der Waals surface area contributed by atoms with Crippen LogP contribution in [0.1, 0.15) is 59.3 Å². The van der Waals surface area contributed by atoms with E-state index in [1.165, 1.54) is 32.6 Å². The van der Waals surface area contributed by atoms with Gasteiger partial charge < -0.3 is 19.3 Å². The van der Waals surface area contributed by atoms with Crippen LogP contribution in [0.25, 0.3) is 0 Å². The van der Waals surface area contributed by atoms with Crippen LogP contribution >= 0.6 is 0 Å². The van der Waals surface area contributed by atoms with Crippen molar-refractivity contribution in [2.24, 2.45) is 0 Å². The highest BCUT2D eigenvalue weighted by molar-refractivity contribution is 5.73. The summed E-state index contributed by atoms with van der Waals surface area (Å²) >= 11 is 0. The molecule has 0 radical (unpaired) electrons. The average Bonchev–Trinajstić information content (AvgIpc) is 2.43. The van der Waals surface area contributed by atoms with Gasteiger partial charge in [-0.3, -0.25) is 0 Å². The summed E-state index contributed by atoms with van der Waals surface area (Å²) in [7, 11) is 0. The van der Waals surface area contributed by atoms with E-state index in [0.717, 1.165) is 12.8 Å². The van der Waals surface area contributed by atoms with Crippen molar-refractivity contribution in [3.63, 3.8) is 0 Å². The van der Waals surface area contributed by atoms with Crippen molar-refractivity contribution in [3.8, 4) is 0 Å². The van der Waals surface area contributed by atoms with Gasteiger partial charge >= 0.3 is 5.97 Å². The van der Waals surface area contributed by atoms with E-state index >= 15 is 0 Å². The normalized spacial score (nSPS) is 14.0. The molecule has 0 aromatic heterocycles. The third-order valence-corrected chi connectivity index (χ3v) is 2.86. The molecule has 20 heavy (non-hydrogen) atoms. The lowest BCUT2D eigenvalue weighted by Gasteiger charge is -2.18. The van der Waals surface area contributed by atoms with Crippen LogP contribution in [0, 0.1) is 0 Å². The highest BCUT2D eigenvalue weighted by Gasteiger charge is 2.15. The van der Waals surface area contributed by atoms with Crippen molar-refractivity contribution in [1.29, 1.82) is 0 Å². The fourth-order valence-electron chi connectivity index (χ4n) is 1.70. The zero-order valence-electron chi connectivity index (χ0n) is 13.1. The molecule has 120 valence electrons. The summed E-state index contributed by atoms with van der Waals surface area (Å²) in [6.07, 6.45) is 5.51. The van der Waals surface area contributed by atoms with Crippen LogP contribution in [-0.4, -0.2) is 43.3 Å². The monoisotopic (exact) mass is 290 g/mol. The van der Waals surface area contributed by atoms with Crippen LogP contribution in [0.15, 0.2) is 0 Å². The largest absolute Gasteiger partial charge is 0.458 e. The molecule has 0 heterocycles. The molecule has 0 saturated carbocycles. The second-order valence-electron chi connectivity index (χ2n) is 4.83. The molecule has 0 fully saturated rings. The molecule has 0 amide bonds. The van der Waals surface area contributed by atoms with Crippen molar-refractivity contribution in [3.05, 3.63) is 0 Å². The van der Waals surface area contributed by atoms with Crippen LogP contribution in [0.4, 0.5) is 0 Å². The first-order valence-electron chi connectivity index (χ1n) is 7.69. The van der Waals surface area contributed by atoms with Crippen molar-refractivity contribution in [1.82, 2.24) is 0 Å². The minimum atomic E-state index is -1.11. The number of esters is 1. The zero-order chi connectivity index (χ0) is 15.2. The number of carbonyl (C=O) groups is 1. The van der Waals surface area contributed by atoms with E-state index in [0.29, 0.717) is 13.2 Å². The summed E-state index contributed by atoms with van der Waals surface area (Å²) in [5, 5.41) is 9.02. The fourth-order valence-corrected chi connectivity index (χ4v) is 1.70. The molecule has 5 heteroatoms. The Morgan fingerprint density at radius 3 is 2.30 bits per heavy atom. The van der Waals surface area contributed by atoms with E-state index < -0.39 is 18.4 Å². The minimum Gasteiger partial charge on any atom is -0.458 e. The summed E-state index contributed by atoms with van der Waals surface area (Å²) < 4.78 is 15.8. The van der Waals surface area contributed by atoms with E-state index in [-0.39, 0.29) is 6.61 Å². The summed E-state index contributed by atoms with van der Waals surface area (Å²) in [5.41, 5.74) is 0. The van der Waals surface area contributed by atoms with Gasteiger partial charge in [0, 0.05) is 13.2 Å². The predicted molar refractivity (Wildman–Crippen MR) is 77.4 cm³/mol. The molecule has 0 aromatic rings. The van der Waals surface area contributed by atoms with E-state index in [1.54, 1.807) is 0 Å². The number of aliphatic hydroxyl groups excluding tert-OH is 1. The number of hydrogen-bond acceptors (Lipinski definition) is 5. The molecule has 5 nitrogen and oxygen atoms in total. The van der Waals surface area contributed by atoms with Crippen LogP contribution in [0.5, 0.6) is 0 Å². The van der Waals surface area contributed by atoms with E-state index in [4.69, 9.17) is 19.3 Å². The maximum atomic E-state index is 11.1. The molecule has 0 aliphatic rings. The van der Waals surface area contributed by atoms with Gasteiger partial charge in [-0.1, -0.05) is 39.0 Å². The van der Waals surface area contributed by atoms with Gasteiger partial charge in [0.2, 0.25) is 0 Å². The lowest BCUT2D eigenvalue weighted by molar-refractivity contribution is -0.186. The number of hydrogen-bond donors (Lipinski definition) is 1. The van der Waals surface area contributed by atoms with Crippen molar-refractivity contribution < 1.29 is 24.1 Å². The molecule has 0 bridgehead atoms. The summed E-state index contributed by atoms with van der Waals surface area (Å²) in [5.74, 6) is -0.655. The Kier molecular flexibility index (Phi) is 12.9. The third kappa shape index (κ3) is 11.2. The van der Waals surface area contributed by atoms with Gasteiger partial charge in [0.15, 0.2) is 6.29 Å². The van der Waals surface area contributed by atoms with Crippen LogP contribution in [0.2, 0.25) is 0 Å². The second-order valence-corrected chi connectivity index (χ2v) is 4.83. The molecule has 1 N–H and O–H groups in total. The summed E-state index contributed by atoms with van der Waals surface area (Å²) in [6.45, 7) is 6.54. The predicted octanol–water partition coefficient (Wildman–Crippen LogP) is 2.65. The van der Waals surface area contributed by atoms with Gasteiger partial charge in [0.05, 0.1) is 0 Å². The molecule has 0 spiro atoms. The maximum absolute atomic E-state index is 11.1. The Labute approximate surface area is 122 Å². The second kappa shape index (κ2) is 13.3.